The van der Waals surface area contributed by atoms with Gasteiger partial charge in [-0.1, -0.05) is 43.9 Å². The number of primary amides is 1. The number of nitrogens with one attached hydrogen (secondary N) is 1. The molecule has 1 aromatic rings. The molecule has 0 heterocycles. The molecule has 0 aliphatic carbocycles. The SMILES string of the molecule is CCCCCC(Nc1cccc(Cl)c1)C(N)=O. The lowest BCUT2D eigenvalue weighted by molar-refractivity contribution is -0.118. The van der Waals surface area contributed by atoms with Gasteiger partial charge in [0, 0.05) is 10.7 Å². The van der Waals surface area contributed by atoms with Gasteiger partial charge in [-0.3, -0.25) is 4.79 Å². The molecule has 0 saturated carbocycles. The molecule has 1 amide bonds. The lowest BCUT2D eigenvalue weighted by Crippen LogP contribution is -2.35. The Balaban J connectivity index is 2.57. The van der Waals surface area contributed by atoms with Crippen molar-refractivity contribution >= 4 is 23.2 Å². The van der Waals surface area contributed by atoms with Crippen molar-refractivity contribution in [2.75, 3.05) is 5.32 Å². The topological polar surface area (TPSA) is 55.1 Å². The molecule has 0 fully saturated rings. The van der Waals surface area contributed by atoms with Crippen molar-refractivity contribution in [3.63, 3.8) is 0 Å². The Labute approximate surface area is 107 Å². The van der Waals surface area contributed by atoms with Crippen molar-refractivity contribution in [1.29, 1.82) is 0 Å². The average molecular weight is 255 g/mol. The van der Waals surface area contributed by atoms with E-state index in [0.29, 0.717) is 5.02 Å². The number of carbonyl (C=O) groups is 1. The van der Waals surface area contributed by atoms with Crippen LogP contribution in [0.2, 0.25) is 5.02 Å². The van der Waals surface area contributed by atoms with Crippen molar-refractivity contribution in [1.82, 2.24) is 0 Å². The van der Waals surface area contributed by atoms with Gasteiger partial charge in [-0.25, -0.2) is 0 Å². The zero-order valence-electron chi connectivity index (χ0n) is 10.1. The van der Waals surface area contributed by atoms with Gasteiger partial charge in [0.15, 0.2) is 0 Å². The summed E-state index contributed by atoms with van der Waals surface area (Å²) in [7, 11) is 0. The Morgan fingerprint density at radius 3 is 2.82 bits per heavy atom. The van der Waals surface area contributed by atoms with Crippen LogP contribution in [0.25, 0.3) is 0 Å². The van der Waals surface area contributed by atoms with Crippen LogP contribution in [0.4, 0.5) is 5.69 Å². The molecule has 0 saturated heterocycles. The van der Waals surface area contributed by atoms with E-state index in [2.05, 4.69) is 12.2 Å². The smallest absolute Gasteiger partial charge is 0.239 e. The highest BCUT2D eigenvalue weighted by Crippen LogP contribution is 2.17. The van der Waals surface area contributed by atoms with Crippen molar-refractivity contribution in [3.8, 4) is 0 Å². The molecule has 0 aromatic heterocycles. The van der Waals surface area contributed by atoms with Crippen LogP contribution >= 0.6 is 11.6 Å². The predicted molar refractivity (Wildman–Crippen MR) is 72.2 cm³/mol. The predicted octanol–water partition coefficient (Wildman–Crippen LogP) is 3.19. The summed E-state index contributed by atoms with van der Waals surface area (Å²) in [6.07, 6.45) is 4.00. The van der Waals surface area contributed by atoms with Gasteiger partial charge in [0.1, 0.15) is 6.04 Å². The first-order valence-corrected chi connectivity index (χ1v) is 6.32. The number of rotatable bonds is 7. The fraction of sp³-hybridized carbons (Fsp3) is 0.462. The summed E-state index contributed by atoms with van der Waals surface area (Å²) in [5.41, 5.74) is 6.20. The first-order chi connectivity index (χ1) is 8.13. The van der Waals surface area contributed by atoms with Crippen LogP contribution in [0.5, 0.6) is 0 Å². The molecule has 1 atom stereocenters. The quantitative estimate of drug-likeness (QED) is 0.735. The molecule has 0 aliphatic heterocycles. The lowest BCUT2D eigenvalue weighted by atomic mass is 10.1. The number of amides is 1. The fourth-order valence-electron chi connectivity index (χ4n) is 1.66. The van der Waals surface area contributed by atoms with Gasteiger partial charge in [-0.2, -0.15) is 0 Å². The number of benzene rings is 1. The fourth-order valence-corrected chi connectivity index (χ4v) is 1.85. The van der Waals surface area contributed by atoms with Crippen LogP contribution in [0.15, 0.2) is 24.3 Å². The Kier molecular flexibility index (Phi) is 5.84. The number of nitrogens with two attached hydrogens (primary N) is 1. The summed E-state index contributed by atoms with van der Waals surface area (Å²) in [4.78, 5) is 11.3. The lowest BCUT2D eigenvalue weighted by Gasteiger charge is -2.16. The molecule has 0 aliphatic rings. The summed E-state index contributed by atoms with van der Waals surface area (Å²) in [5.74, 6) is -0.318. The second kappa shape index (κ2) is 7.17. The molecule has 1 unspecified atom stereocenters. The Bertz CT molecular complexity index is 368. The standard InChI is InChI=1S/C13H19ClN2O/c1-2-3-4-8-12(13(15)17)16-11-7-5-6-10(14)9-11/h5-7,9,12,16H,2-4,8H2,1H3,(H2,15,17). The third-order valence-electron chi connectivity index (χ3n) is 2.61. The first kappa shape index (κ1) is 13.8. The third kappa shape index (κ3) is 5.09. The number of anilines is 1. The Morgan fingerprint density at radius 1 is 1.47 bits per heavy atom. The van der Waals surface area contributed by atoms with Gasteiger partial charge < -0.3 is 11.1 Å². The van der Waals surface area contributed by atoms with Gasteiger partial charge in [-0.15, -0.1) is 0 Å². The van der Waals surface area contributed by atoms with Crippen LogP contribution in [-0.4, -0.2) is 11.9 Å². The van der Waals surface area contributed by atoms with Gasteiger partial charge in [0.05, 0.1) is 0 Å². The van der Waals surface area contributed by atoms with Crippen LogP contribution in [0.1, 0.15) is 32.6 Å². The van der Waals surface area contributed by atoms with Gasteiger partial charge in [-0.05, 0) is 24.6 Å². The molecule has 17 heavy (non-hydrogen) atoms. The van der Waals surface area contributed by atoms with E-state index in [-0.39, 0.29) is 11.9 Å². The molecule has 0 spiro atoms. The zero-order chi connectivity index (χ0) is 12.7. The van der Waals surface area contributed by atoms with E-state index < -0.39 is 0 Å². The zero-order valence-corrected chi connectivity index (χ0v) is 10.8. The minimum Gasteiger partial charge on any atom is -0.374 e. The number of halogens is 1. The maximum atomic E-state index is 11.3. The third-order valence-corrected chi connectivity index (χ3v) is 2.84. The molecule has 4 heteroatoms. The van der Waals surface area contributed by atoms with E-state index in [9.17, 15) is 4.79 Å². The summed E-state index contributed by atoms with van der Waals surface area (Å²) >= 11 is 5.88. The van der Waals surface area contributed by atoms with Crippen LogP contribution in [-0.2, 0) is 4.79 Å². The van der Waals surface area contributed by atoms with Crippen molar-refractivity contribution in [2.24, 2.45) is 5.73 Å². The molecular formula is C13H19ClN2O. The molecule has 94 valence electrons. The van der Waals surface area contributed by atoms with E-state index >= 15 is 0 Å². The number of unbranched alkanes of at least 4 members (excludes halogenated alkanes) is 2. The summed E-state index contributed by atoms with van der Waals surface area (Å²) in [5, 5.41) is 3.76. The summed E-state index contributed by atoms with van der Waals surface area (Å²) in [6, 6.07) is 6.98. The molecular weight excluding hydrogens is 236 g/mol. The van der Waals surface area contributed by atoms with Crippen LogP contribution in [0.3, 0.4) is 0 Å². The number of hydrogen-bond donors (Lipinski definition) is 2. The minimum atomic E-state index is -0.319. The monoisotopic (exact) mass is 254 g/mol. The first-order valence-electron chi connectivity index (χ1n) is 5.95. The highest BCUT2D eigenvalue weighted by atomic mass is 35.5. The van der Waals surface area contributed by atoms with Crippen LogP contribution < -0.4 is 11.1 Å². The van der Waals surface area contributed by atoms with E-state index in [4.69, 9.17) is 17.3 Å². The van der Waals surface area contributed by atoms with Crippen LogP contribution in [0, 0.1) is 0 Å². The van der Waals surface area contributed by atoms with Crippen molar-refractivity contribution in [3.05, 3.63) is 29.3 Å². The largest absolute Gasteiger partial charge is 0.374 e. The van der Waals surface area contributed by atoms with Gasteiger partial charge >= 0.3 is 0 Å². The molecule has 1 aromatic carbocycles. The average Bonchev–Trinajstić information content (AvgIpc) is 2.28. The Morgan fingerprint density at radius 2 is 2.24 bits per heavy atom. The highest BCUT2D eigenvalue weighted by Gasteiger charge is 2.14. The maximum Gasteiger partial charge on any atom is 0.239 e. The molecule has 1 rings (SSSR count). The van der Waals surface area contributed by atoms with Gasteiger partial charge in [0.25, 0.3) is 0 Å². The summed E-state index contributed by atoms with van der Waals surface area (Å²) < 4.78 is 0. The van der Waals surface area contributed by atoms with Gasteiger partial charge in [0.2, 0.25) is 5.91 Å². The number of hydrogen-bond acceptors (Lipinski definition) is 2. The van der Waals surface area contributed by atoms with E-state index in [0.717, 1.165) is 31.4 Å². The number of carbonyl (C=O) groups excluding carboxylic acids is 1. The minimum absolute atomic E-state index is 0.318. The van der Waals surface area contributed by atoms with E-state index in [1.165, 1.54) is 0 Å². The molecule has 0 bridgehead atoms. The molecule has 3 N–H and O–H groups in total. The van der Waals surface area contributed by atoms with Crippen molar-refractivity contribution in [2.45, 2.75) is 38.6 Å². The van der Waals surface area contributed by atoms with Crippen molar-refractivity contribution < 1.29 is 4.79 Å². The molecule has 3 nitrogen and oxygen atoms in total. The highest BCUT2D eigenvalue weighted by molar-refractivity contribution is 6.30. The van der Waals surface area contributed by atoms with E-state index in [1.807, 2.05) is 12.1 Å². The summed E-state index contributed by atoms with van der Waals surface area (Å²) in [6.45, 7) is 2.13. The molecule has 0 radical (unpaired) electrons. The second-order valence-corrected chi connectivity index (χ2v) is 4.54. The Hall–Kier alpha value is -1.22. The maximum absolute atomic E-state index is 11.3. The van der Waals surface area contributed by atoms with E-state index in [1.54, 1.807) is 12.1 Å². The normalized spacial score (nSPS) is 12.1. The second-order valence-electron chi connectivity index (χ2n) is 4.11.